The molecule has 142 valence electrons. The number of hydrogen-bond acceptors (Lipinski definition) is 4. The standard InChI is InChI=1S/C20H32O5/c1-2-3-6-9-15(21)12-13-17-16(18(22)14-19(17)23)10-7-4-5-8-11-20(24)25/h4,7,12-13,15-17,19,21,23H,2-3,5-6,8-11,14H2,1H3,(H,24,25)/b7-4-,13-12+/t15?,16-,17?,19?/m1/s1. The average molecular weight is 352 g/mol. The molecular weight excluding hydrogens is 320 g/mol. The van der Waals surface area contributed by atoms with Crippen molar-refractivity contribution in [2.24, 2.45) is 11.8 Å². The quantitative estimate of drug-likeness (QED) is 0.370. The van der Waals surface area contributed by atoms with Crippen LogP contribution in [0.2, 0.25) is 0 Å². The van der Waals surface area contributed by atoms with E-state index in [0.29, 0.717) is 25.7 Å². The minimum Gasteiger partial charge on any atom is -0.481 e. The predicted molar refractivity (Wildman–Crippen MR) is 97.1 cm³/mol. The normalized spacial score (nSPS) is 25.2. The molecule has 1 fully saturated rings. The van der Waals surface area contributed by atoms with E-state index in [1.165, 1.54) is 0 Å². The number of carbonyl (C=O) groups excluding carboxylic acids is 1. The Labute approximate surface area is 150 Å². The molecule has 0 bridgehead atoms. The molecule has 0 saturated heterocycles. The van der Waals surface area contributed by atoms with Gasteiger partial charge in [0.1, 0.15) is 5.78 Å². The summed E-state index contributed by atoms with van der Waals surface area (Å²) in [4.78, 5) is 22.5. The number of unbranched alkanes of at least 4 members (excludes halogenated alkanes) is 3. The summed E-state index contributed by atoms with van der Waals surface area (Å²) < 4.78 is 0. The van der Waals surface area contributed by atoms with E-state index in [0.717, 1.165) is 19.3 Å². The highest BCUT2D eigenvalue weighted by Gasteiger charge is 2.39. The average Bonchev–Trinajstić information content (AvgIpc) is 2.82. The molecule has 25 heavy (non-hydrogen) atoms. The molecule has 4 atom stereocenters. The van der Waals surface area contributed by atoms with Crippen LogP contribution in [0.1, 0.15) is 64.7 Å². The number of aliphatic carboxylic acids is 1. The summed E-state index contributed by atoms with van der Waals surface area (Å²) in [6.07, 6.45) is 12.1. The topological polar surface area (TPSA) is 94.8 Å². The summed E-state index contributed by atoms with van der Waals surface area (Å²) in [5.74, 6) is -1.26. The molecule has 1 aliphatic carbocycles. The third-order valence-corrected chi connectivity index (χ3v) is 4.71. The highest BCUT2D eigenvalue weighted by atomic mass is 16.4. The number of hydrogen-bond donors (Lipinski definition) is 3. The van der Waals surface area contributed by atoms with Crippen molar-refractivity contribution in [2.45, 2.75) is 76.9 Å². The van der Waals surface area contributed by atoms with Crippen molar-refractivity contribution in [2.75, 3.05) is 0 Å². The van der Waals surface area contributed by atoms with Gasteiger partial charge in [-0.15, -0.1) is 0 Å². The van der Waals surface area contributed by atoms with Gasteiger partial charge in [0.25, 0.3) is 0 Å². The first kappa shape index (κ1) is 21.6. The van der Waals surface area contributed by atoms with Crippen LogP contribution in [-0.2, 0) is 9.59 Å². The Morgan fingerprint density at radius 3 is 2.72 bits per heavy atom. The van der Waals surface area contributed by atoms with Crippen LogP contribution < -0.4 is 0 Å². The van der Waals surface area contributed by atoms with E-state index < -0.39 is 18.2 Å². The zero-order valence-electron chi connectivity index (χ0n) is 15.1. The number of rotatable bonds is 12. The Morgan fingerprint density at radius 2 is 2.04 bits per heavy atom. The molecule has 0 aliphatic heterocycles. The van der Waals surface area contributed by atoms with Crippen molar-refractivity contribution in [3.8, 4) is 0 Å². The lowest BCUT2D eigenvalue weighted by Crippen LogP contribution is -2.18. The van der Waals surface area contributed by atoms with Crippen LogP contribution in [-0.4, -0.2) is 39.3 Å². The number of carboxylic acid groups (broad SMARTS) is 1. The molecule has 1 aliphatic rings. The van der Waals surface area contributed by atoms with Crippen LogP contribution in [0.3, 0.4) is 0 Å². The van der Waals surface area contributed by atoms with E-state index in [1.807, 2.05) is 12.2 Å². The number of allylic oxidation sites excluding steroid dienone is 2. The van der Waals surface area contributed by atoms with E-state index in [4.69, 9.17) is 5.11 Å². The fraction of sp³-hybridized carbons (Fsp3) is 0.700. The molecule has 0 heterocycles. The molecule has 5 heteroatoms. The largest absolute Gasteiger partial charge is 0.481 e. The molecule has 5 nitrogen and oxygen atoms in total. The summed E-state index contributed by atoms with van der Waals surface area (Å²) in [5, 5.41) is 28.7. The van der Waals surface area contributed by atoms with Crippen molar-refractivity contribution < 1.29 is 24.9 Å². The lowest BCUT2D eigenvalue weighted by atomic mass is 9.90. The van der Waals surface area contributed by atoms with Crippen LogP contribution in [0.4, 0.5) is 0 Å². The first-order valence-corrected chi connectivity index (χ1v) is 9.39. The number of ketones is 1. The Kier molecular flexibility index (Phi) is 10.3. The van der Waals surface area contributed by atoms with Gasteiger partial charge in [0.15, 0.2) is 0 Å². The molecule has 0 radical (unpaired) electrons. The van der Waals surface area contributed by atoms with Gasteiger partial charge in [0.05, 0.1) is 12.2 Å². The van der Waals surface area contributed by atoms with Crippen LogP contribution >= 0.6 is 0 Å². The fourth-order valence-electron chi connectivity index (χ4n) is 3.22. The number of carboxylic acids is 1. The summed E-state index contributed by atoms with van der Waals surface area (Å²) >= 11 is 0. The van der Waals surface area contributed by atoms with Gasteiger partial charge in [-0.2, -0.15) is 0 Å². The lowest BCUT2D eigenvalue weighted by Gasteiger charge is -2.16. The van der Waals surface area contributed by atoms with Crippen LogP contribution in [0.5, 0.6) is 0 Å². The maximum Gasteiger partial charge on any atom is 0.303 e. The Bertz CT molecular complexity index is 469. The molecule has 0 aromatic carbocycles. The number of aliphatic hydroxyl groups is 2. The van der Waals surface area contributed by atoms with Crippen molar-refractivity contribution in [1.82, 2.24) is 0 Å². The monoisotopic (exact) mass is 352 g/mol. The van der Waals surface area contributed by atoms with Gasteiger partial charge in [0, 0.05) is 24.7 Å². The second-order valence-electron chi connectivity index (χ2n) is 6.86. The van der Waals surface area contributed by atoms with E-state index >= 15 is 0 Å². The molecule has 0 amide bonds. The van der Waals surface area contributed by atoms with E-state index in [-0.39, 0.29) is 30.5 Å². The summed E-state index contributed by atoms with van der Waals surface area (Å²) in [7, 11) is 0. The smallest absolute Gasteiger partial charge is 0.303 e. The predicted octanol–water partition coefficient (Wildman–Crippen LogP) is 3.25. The molecule has 1 saturated carbocycles. The molecule has 3 N–H and O–H groups in total. The van der Waals surface area contributed by atoms with E-state index in [9.17, 15) is 19.8 Å². The fourth-order valence-corrected chi connectivity index (χ4v) is 3.22. The SMILES string of the molecule is CCCCCC(O)/C=C/C1C(O)CC(=O)[C@@H]1C/C=C\CCCC(=O)O. The van der Waals surface area contributed by atoms with Gasteiger partial charge >= 0.3 is 5.97 Å². The second kappa shape index (κ2) is 12.0. The van der Waals surface area contributed by atoms with Crippen molar-refractivity contribution in [3.63, 3.8) is 0 Å². The third kappa shape index (κ3) is 8.45. The Morgan fingerprint density at radius 1 is 1.28 bits per heavy atom. The minimum atomic E-state index is -0.801. The summed E-state index contributed by atoms with van der Waals surface area (Å²) in [6.45, 7) is 2.11. The van der Waals surface area contributed by atoms with Crippen molar-refractivity contribution in [1.29, 1.82) is 0 Å². The van der Waals surface area contributed by atoms with Gasteiger partial charge in [-0.1, -0.05) is 50.5 Å². The highest BCUT2D eigenvalue weighted by Crippen LogP contribution is 2.33. The van der Waals surface area contributed by atoms with Gasteiger partial charge in [-0.05, 0) is 25.7 Å². The zero-order valence-corrected chi connectivity index (χ0v) is 15.1. The minimum absolute atomic E-state index is 0.0535. The third-order valence-electron chi connectivity index (χ3n) is 4.71. The lowest BCUT2D eigenvalue weighted by molar-refractivity contribution is -0.137. The van der Waals surface area contributed by atoms with Crippen LogP contribution in [0, 0.1) is 11.8 Å². The van der Waals surface area contributed by atoms with Gasteiger partial charge in [-0.3, -0.25) is 9.59 Å². The van der Waals surface area contributed by atoms with Crippen LogP contribution in [0.15, 0.2) is 24.3 Å². The van der Waals surface area contributed by atoms with E-state index in [1.54, 1.807) is 12.2 Å². The van der Waals surface area contributed by atoms with Gasteiger partial charge < -0.3 is 15.3 Å². The van der Waals surface area contributed by atoms with Crippen molar-refractivity contribution >= 4 is 11.8 Å². The first-order valence-electron chi connectivity index (χ1n) is 9.39. The summed E-state index contributed by atoms with van der Waals surface area (Å²) in [6, 6.07) is 0. The maximum atomic E-state index is 12.1. The Hall–Kier alpha value is -1.46. The zero-order chi connectivity index (χ0) is 18.7. The number of aliphatic hydroxyl groups excluding tert-OH is 2. The molecule has 0 aromatic rings. The molecular formula is C20H32O5. The molecule has 3 unspecified atom stereocenters. The number of Topliss-reactive ketones (excluding diaryl/α,β-unsaturated/α-hetero) is 1. The first-order chi connectivity index (χ1) is 12.0. The van der Waals surface area contributed by atoms with Crippen LogP contribution in [0.25, 0.3) is 0 Å². The van der Waals surface area contributed by atoms with Gasteiger partial charge in [0.2, 0.25) is 0 Å². The molecule has 1 rings (SSSR count). The highest BCUT2D eigenvalue weighted by molar-refractivity contribution is 5.84. The van der Waals surface area contributed by atoms with Crippen molar-refractivity contribution in [3.05, 3.63) is 24.3 Å². The molecule has 0 aromatic heterocycles. The second-order valence-corrected chi connectivity index (χ2v) is 6.86. The molecule has 0 spiro atoms. The summed E-state index contributed by atoms with van der Waals surface area (Å²) in [5.41, 5.74) is 0. The number of carbonyl (C=O) groups is 2. The Balaban J connectivity index is 2.48. The maximum absolute atomic E-state index is 12.1. The van der Waals surface area contributed by atoms with Gasteiger partial charge in [-0.25, -0.2) is 0 Å². The van der Waals surface area contributed by atoms with E-state index in [2.05, 4.69) is 6.92 Å².